The highest BCUT2D eigenvalue weighted by Crippen LogP contribution is 2.26. The van der Waals surface area contributed by atoms with Gasteiger partial charge in [-0.25, -0.2) is 9.97 Å². The zero-order valence-corrected chi connectivity index (χ0v) is 16.7. The Bertz CT molecular complexity index is 1080. The molecule has 154 valence electrons. The van der Waals surface area contributed by atoms with Crippen molar-refractivity contribution in [3.8, 4) is 0 Å². The van der Waals surface area contributed by atoms with Gasteiger partial charge in [0.05, 0.1) is 11.1 Å². The van der Waals surface area contributed by atoms with Gasteiger partial charge in [-0.2, -0.15) is 0 Å². The van der Waals surface area contributed by atoms with Crippen LogP contribution >= 0.6 is 0 Å². The molecule has 2 heterocycles. The molecule has 2 aromatic carbocycles. The second-order valence-electron chi connectivity index (χ2n) is 7.62. The molecule has 7 heteroatoms. The first-order chi connectivity index (χ1) is 14.6. The quantitative estimate of drug-likeness (QED) is 0.559. The van der Waals surface area contributed by atoms with E-state index in [1.807, 2.05) is 30.3 Å². The number of Topliss-reactive ketones (excluding diaryl/α,β-unsaturated/α-hetero) is 1. The van der Waals surface area contributed by atoms with Crippen LogP contribution in [0.4, 0.5) is 11.5 Å². The van der Waals surface area contributed by atoms with Crippen molar-refractivity contribution in [1.29, 1.82) is 0 Å². The minimum absolute atomic E-state index is 0.145. The van der Waals surface area contributed by atoms with Gasteiger partial charge in [0.1, 0.15) is 17.9 Å². The molecule has 3 aromatic rings. The molecule has 0 aliphatic carbocycles. The monoisotopic (exact) mass is 403 g/mol. The fraction of sp³-hybridized carbons (Fsp3) is 0.304. The highest BCUT2D eigenvalue weighted by atomic mass is 16.1. The highest BCUT2D eigenvalue weighted by Gasteiger charge is 2.20. The fourth-order valence-corrected chi connectivity index (χ4v) is 3.93. The van der Waals surface area contributed by atoms with Crippen LogP contribution < -0.4 is 16.4 Å². The summed E-state index contributed by atoms with van der Waals surface area (Å²) < 4.78 is 0. The van der Waals surface area contributed by atoms with Crippen molar-refractivity contribution in [1.82, 2.24) is 15.3 Å². The highest BCUT2D eigenvalue weighted by molar-refractivity contribution is 6.07. The number of amides is 1. The normalized spacial score (nSPS) is 16.3. The standard InChI is InChI=1S/C23H25N5O2/c24-22(30)18-7-2-8-19-21(18)26-14-27-23(19)28-17-6-1-4-15(12-17)9-10-20(29)16-5-3-11-25-13-16/h1-2,4,6-8,12,14,16,25H,3,5,9-11,13H2,(H2,24,30)(H,26,27,28). The number of benzene rings is 2. The maximum atomic E-state index is 12.5. The number of carbonyl (C=O) groups excluding carboxylic acids is 2. The van der Waals surface area contributed by atoms with Crippen LogP contribution in [0.25, 0.3) is 10.9 Å². The molecule has 1 atom stereocenters. The summed E-state index contributed by atoms with van der Waals surface area (Å²) in [5, 5.41) is 7.33. The summed E-state index contributed by atoms with van der Waals surface area (Å²) in [6, 6.07) is 13.2. The van der Waals surface area contributed by atoms with Crippen LogP contribution in [-0.2, 0) is 11.2 Å². The number of anilines is 2. The van der Waals surface area contributed by atoms with Crippen molar-refractivity contribution in [3.05, 3.63) is 59.9 Å². The van der Waals surface area contributed by atoms with Crippen molar-refractivity contribution in [2.75, 3.05) is 18.4 Å². The van der Waals surface area contributed by atoms with Crippen LogP contribution in [-0.4, -0.2) is 34.7 Å². The van der Waals surface area contributed by atoms with E-state index in [-0.39, 0.29) is 5.92 Å². The maximum Gasteiger partial charge on any atom is 0.250 e. The Labute approximate surface area is 175 Å². The van der Waals surface area contributed by atoms with Crippen LogP contribution in [0.2, 0.25) is 0 Å². The molecule has 0 saturated carbocycles. The number of nitrogens with one attached hydrogen (secondary N) is 2. The summed E-state index contributed by atoms with van der Waals surface area (Å²) in [4.78, 5) is 32.7. The van der Waals surface area contributed by atoms with Crippen molar-refractivity contribution in [3.63, 3.8) is 0 Å². The smallest absolute Gasteiger partial charge is 0.250 e. The number of carbonyl (C=O) groups is 2. The van der Waals surface area contributed by atoms with E-state index in [0.29, 0.717) is 35.5 Å². The number of rotatable bonds is 7. The Balaban J connectivity index is 1.49. The van der Waals surface area contributed by atoms with E-state index < -0.39 is 5.91 Å². The van der Waals surface area contributed by atoms with Gasteiger partial charge in [0, 0.05) is 30.0 Å². The minimum atomic E-state index is -0.523. The minimum Gasteiger partial charge on any atom is -0.366 e. The lowest BCUT2D eigenvalue weighted by Gasteiger charge is -2.21. The molecule has 4 rings (SSSR count). The third-order valence-electron chi connectivity index (χ3n) is 5.53. The van der Waals surface area contributed by atoms with Crippen molar-refractivity contribution >= 4 is 34.1 Å². The molecule has 1 amide bonds. The Morgan fingerprint density at radius 2 is 2.03 bits per heavy atom. The predicted octanol–water partition coefficient (Wildman–Crippen LogP) is 2.97. The molecule has 0 bridgehead atoms. The van der Waals surface area contributed by atoms with Crippen LogP contribution in [0.3, 0.4) is 0 Å². The first-order valence-corrected chi connectivity index (χ1v) is 10.2. The molecule has 1 aliphatic heterocycles. The van der Waals surface area contributed by atoms with E-state index in [1.165, 1.54) is 6.33 Å². The maximum absolute atomic E-state index is 12.5. The van der Waals surface area contributed by atoms with Crippen LogP contribution in [0, 0.1) is 5.92 Å². The molecule has 1 aliphatic rings. The number of primary amides is 1. The summed E-state index contributed by atoms with van der Waals surface area (Å²) in [6.45, 7) is 1.81. The van der Waals surface area contributed by atoms with Gasteiger partial charge in [0.25, 0.3) is 5.91 Å². The number of hydrogen-bond acceptors (Lipinski definition) is 6. The average Bonchev–Trinajstić information content (AvgIpc) is 2.78. The molecule has 1 fully saturated rings. The lowest BCUT2D eigenvalue weighted by molar-refractivity contribution is -0.123. The van der Waals surface area contributed by atoms with Gasteiger partial charge < -0.3 is 16.4 Å². The van der Waals surface area contributed by atoms with Crippen molar-refractivity contribution in [2.45, 2.75) is 25.7 Å². The first kappa shape index (κ1) is 20.0. The average molecular weight is 403 g/mol. The fourth-order valence-electron chi connectivity index (χ4n) is 3.93. The number of piperidine rings is 1. The summed E-state index contributed by atoms with van der Waals surface area (Å²) in [6.07, 6.45) is 4.73. The Kier molecular flexibility index (Phi) is 5.99. The molecule has 0 spiro atoms. The number of hydrogen-bond donors (Lipinski definition) is 3. The molecule has 1 unspecified atom stereocenters. The summed E-state index contributed by atoms with van der Waals surface area (Å²) in [7, 11) is 0. The molecular weight excluding hydrogens is 378 g/mol. The van der Waals surface area contributed by atoms with Gasteiger partial charge >= 0.3 is 0 Å². The van der Waals surface area contributed by atoms with Gasteiger partial charge in [-0.1, -0.05) is 18.2 Å². The van der Waals surface area contributed by atoms with E-state index in [4.69, 9.17) is 5.73 Å². The second-order valence-corrected chi connectivity index (χ2v) is 7.62. The van der Waals surface area contributed by atoms with Crippen molar-refractivity contribution < 1.29 is 9.59 Å². The van der Waals surface area contributed by atoms with Gasteiger partial charge in [0.15, 0.2) is 0 Å². The number of ketones is 1. The molecular formula is C23H25N5O2. The molecule has 0 radical (unpaired) electrons. The van der Waals surface area contributed by atoms with Crippen LogP contribution in [0.15, 0.2) is 48.8 Å². The van der Waals surface area contributed by atoms with Gasteiger partial charge in [-0.15, -0.1) is 0 Å². The van der Waals surface area contributed by atoms with Gasteiger partial charge in [-0.3, -0.25) is 9.59 Å². The lowest BCUT2D eigenvalue weighted by atomic mass is 9.91. The van der Waals surface area contributed by atoms with Gasteiger partial charge in [0.2, 0.25) is 0 Å². The van der Waals surface area contributed by atoms with Gasteiger partial charge in [-0.05, 0) is 55.6 Å². The largest absolute Gasteiger partial charge is 0.366 e. The second kappa shape index (κ2) is 9.00. The Morgan fingerprint density at radius 1 is 1.17 bits per heavy atom. The Hall–Kier alpha value is -3.32. The summed E-state index contributed by atoms with van der Waals surface area (Å²) >= 11 is 0. The summed E-state index contributed by atoms with van der Waals surface area (Å²) in [5.74, 6) is 0.558. The number of aromatic nitrogens is 2. The molecule has 4 N–H and O–H groups in total. The van der Waals surface area contributed by atoms with Crippen LogP contribution in [0.1, 0.15) is 35.2 Å². The summed E-state index contributed by atoms with van der Waals surface area (Å²) in [5.41, 5.74) is 8.30. The third-order valence-corrected chi connectivity index (χ3v) is 5.53. The van der Waals surface area contributed by atoms with E-state index in [1.54, 1.807) is 12.1 Å². The molecule has 1 saturated heterocycles. The first-order valence-electron chi connectivity index (χ1n) is 10.2. The lowest BCUT2D eigenvalue weighted by Crippen LogP contribution is -2.34. The van der Waals surface area contributed by atoms with E-state index in [0.717, 1.165) is 42.6 Å². The van der Waals surface area contributed by atoms with E-state index in [2.05, 4.69) is 20.6 Å². The zero-order chi connectivity index (χ0) is 20.9. The van der Waals surface area contributed by atoms with Crippen molar-refractivity contribution in [2.24, 2.45) is 11.7 Å². The number of nitrogens with zero attached hydrogens (tertiary/aromatic N) is 2. The SMILES string of the molecule is NC(=O)c1cccc2c(Nc3cccc(CCC(=O)C4CCCNC4)c3)ncnc12. The molecule has 30 heavy (non-hydrogen) atoms. The number of nitrogens with two attached hydrogens (primary N) is 1. The number of para-hydroxylation sites is 1. The van der Waals surface area contributed by atoms with E-state index >= 15 is 0 Å². The molecule has 7 nitrogen and oxygen atoms in total. The number of fused-ring (bicyclic) bond motifs is 1. The number of aryl methyl sites for hydroxylation is 1. The Morgan fingerprint density at radius 3 is 2.83 bits per heavy atom. The zero-order valence-electron chi connectivity index (χ0n) is 16.7. The third kappa shape index (κ3) is 4.46. The topological polar surface area (TPSA) is 110 Å². The molecule has 1 aromatic heterocycles. The van der Waals surface area contributed by atoms with Crippen LogP contribution in [0.5, 0.6) is 0 Å². The predicted molar refractivity (Wildman–Crippen MR) is 117 cm³/mol. The van der Waals surface area contributed by atoms with E-state index in [9.17, 15) is 9.59 Å².